The van der Waals surface area contributed by atoms with Crippen LogP contribution in [0.2, 0.25) is 0 Å². The van der Waals surface area contributed by atoms with E-state index in [1.165, 1.54) is 0 Å². The van der Waals surface area contributed by atoms with Crippen molar-refractivity contribution in [1.29, 1.82) is 0 Å². The third kappa shape index (κ3) is 5.66. The maximum atomic E-state index is 12.1. The lowest BCUT2D eigenvalue weighted by Gasteiger charge is -2.42. The molecule has 3 N–H and O–H groups in total. The average molecular weight is 516 g/mol. The Labute approximate surface area is 224 Å². The lowest BCUT2D eigenvalue weighted by Crippen LogP contribution is -2.44. The van der Waals surface area contributed by atoms with Gasteiger partial charge in [0.1, 0.15) is 5.60 Å². The molecule has 0 amide bonds. The summed E-state index contributed by atoms with van der Waals surface area (Å²) in [6.45, 7) is 5.48. The molecule has 0 saturated carbocycles. The van der Waals surface area contributed by atoms with E-state index in [-0.39, 0.29) is 5.92 Å². The second kappa shape index (κ2) is 11.5. The van der Waals surface area contributed by atoms with Gasteiger partial charge in [-0.25, -0.2) is 0 Å². The molecule has 1 aliphatic heterocycles. The van der Waals surface area contributed by atoms with Crippen molar-refractivity contribution in [2.24, 2.45) is 5.92 Å². The first kappa shape index (κ1) is 27.6. The zero-order chi connectivity index (χ0) is 27.3. The summed E-state index contributed by atoms with van der Waals surface area (Å²) in [5.74, 6) is -2.42. The standard InChI is InChI=1S/C32H37NO5/c1-31(2,30(36)37)24-15-13-23(14-16-24)28(29(34)35)19-22-33-20-17-27(18-21-33)32(38,25-9-5-3-6-10-25)26-11-7-4-8-12-26/h3-16,27-28,38H,17-22H2,1-2H3,(H,34,35)(H,36,37). The minimum atomic E-state index is -1.08. The molecule has 3 aromatic rings. The Balaban J connectivity index is 1.42. The van der Waals surface area contributed by atoms with Crippen LogP contribution in [-0.2, 0) is 20.6 Å². The third-order valence-electron chi connectivity index (χ3n) is 8.21. The minimum Gasteiger partial charge on any atom is -0.481 e. The van der Waals surface area contributed by atoms with E-state index in [0.29, 0.717) is 24.1 Å². The van der Waals surface area contributed by atoms with Gasteiger partial charge in [0.2, 0.25) is 0 Å². The first-order chi connectivity index (χ1) is 18.1. The zero-order valence-electron chi connectivity index (χ0n) is 22.1. The fraction of sp³-hybridized carbons (Fsp3) is 0.375. The Morgan fingerprint density at radius 3 is 1.76 bits per heavy atom. The van der Waals surface area contributed by atoms with E-state index in [1.807, 2.05) is 60.7 Å². The molecule has 1 fully saturated rings. The van der Waals surface area contributed by atoms with Gasteiger partial charge in [-0.3, -0.25) is 9.59 Å². The summed E-state index contributed by atoms with van der Waals surface area (Å²) in [4.78, 5) is 26.0. The van der Waals surface area contributed by atoms with Crippen LogP contribution in [0.15, 0.2) is 84.9 Å². The normalized spacial score (nSPS) is 16.2. The van der Waals surface area contributed by atoms with E-state index >= 15 is 0 Å². The monoisotopic (exact) mass is 515 g/mol. The van der Waals surface area contributed by atoms with Gasteiger partial charge in [0.15, 0.2) is 0 Å². The summed E-state index contributed by atoms with van der Waals surface area (Å²) >= 11 is 0. The predicted molar refractivity (Wildman–Crippen MR) is 147 cm³/mol. The summed E-state index contributed by atoms with van der Waals surface area (Å²) in [6.07, 6.45) is 2.07. The zero-order valence-corrected chi connectivity index (χ0v) is 22.1. The van der Waals surface area contributed by atoms with Crippen LogP contribution in [-0.4, -0.2) is 51.8 Å². The molecule has 0 bridgehead atoms. The maximum Gasteiger partial charge on any atom is 0.313 e. The minimum absolute atomic E-state index is 0.0453. The van der Waals surface area contributed by atoms with Crippen LogP contribution in [0.4, 0.5) is 0 Å². The fourth-order valence-corrected chi connectivity index (χ4v) is 5.60. The van der Waals surface area contributed by atoms with Crippen molar-refractivity contribution in [3.05, 3.63) is 107 Å². The van der Waals surface area contributed by atoms with Gasteiger partial charge in [-0.05, 0) is 80.9 Å². The van der Waals surface area contributed by atoms with Crippen LogP contribution in [0.3, 0.4) is 0 Å². The molecule has 1 heterocycles. The number of carbonyl (C=O) groups is 2. The molecule has 38 heavy (non-hydrogen) atoms. The Morgan fingerprint density at radius 1 is 0.816 bits per heavy atom. The van der Waals surface area contributed by atoms with Gasteiger partial charge < -0.3 is 20.2 Å². The van der Waals surface area contributed by atoms with Gasteiger partial charge in [0.25, 0.3) is 0 Å². The molecule has 6 nitrogen and oxygen atoms in total. The molecule has 0 spiro atoms. The predicted octanol–water partition coefficient (Wildman–Crippen LogP) is 5.26. The van der Waals surface area contributed by atoms with Crippen molar-refractivity contribution in [3.8, 4) is 0 Å². The van der Waals surface area contributed by atoms with Gasteiger partial charge in [0, 0.05) is 0 Å². The smallest absolute Gasteiger partial charge is 0.313 e. The van der Waals surface area contributed by atoms with Gasteiger partial charge in [-0.2, -0.15) is 0 Å². The van der Waals surface area contributed by atoms with Crippen molar-refractivity contribution in [1.82, 2.24) is 4.90 Å². The van der Waals surface area contributed by atoms with Crippen LogP contribution in [0.25, 0.3) is 0 Å². The number of carboxylic acids is 2. The van der Waals surface area contributed by atoms with E-state index in [0.717, 1.165) is 37.1 Å². The average Bonchev–Trinajstić information content (AvgIpc) is 2.94. The molecule has 0 radical (unpaired) electrons. The van der Waals surface area contributed by atoms with E-state index in [1.54, 1.807) is 38.1 Å². The highest BCUT2D eigenvalue weighted by Gasteiger charge is 2.41. The number of likely N-dealkylation sites (tertiary alicyclic amines) is 1. The van der Waals surface area contributed by atoms with Crippen LogP contribution < -0.4 is 0 Å². The summed E-state index contributed by atoms with van der Waals surface area (Å²) < 4.78 is 0. The topological polar surface area (TPSA) is 98.1 Å². The number of rotatable bonds is 10. The summed E-state index contributed by atoms with van der Waals surface area (Å²) in [7, 11) is 0. The lowest BCUT2D eigenvalue weighted by atomic mass is 9.72. The molecule has 1 aliphatic rings. The van der Waals surface area contributed by atoms with E-state index < -0.39 is 28.9 Å². The van der Waals surface area contributed by atoms with Crippen molar-refractivity contribution < 1.29 is 24.9 Å². The quantitative estimate of drug-likeness (QED) is 0.341. The summed E-state index contributed by atoms with van der Waals surface area (Å²) in [5.41, 5.74) is 0.992. The number of hydrogen-bond acceptors (Lipinski definition) is 4. The first-order valence-electron chi connectivity index (χ1n) is 13.3. The lowest BCUT2D eigenvalue weighted by molar-refractivity contribution is -0.142. The summed E-state index contributed by atoms with van der Waals surface area (Å²) in [6, 6.07) is 26.6. The number of nitrogens with zero attached hydrogens (tertiary/aromatic N) is 1. The molecule has 200 valence electrons. The molecule has 0 aromatic heterocycles. The number of benzene rings is 3. The van der Waals surface area contributed by atoms with Gasteiger partial charge in [-0.15, -0.1) is 0 Å². The molecule has 1 saturated heterocycles. The van der Waals surface area contributed by atoms with E-state index in [2.05, 4.69) is 4.90 Å². The first-order valence-corrected chi connectivity index (χ1v) is 13.3. The Hall–Kier alpha value is -3.48. The van der Waals surface area contributed by atoms with Gasteiger partial charge >= 0.3 is 11.9 Å². The van der Waals surface area contributed by atoms with E-state index in [9.17, 15) is 24.9 Å². The Kier molecular flexibility index (Phi) is 8.34. The highest BCUT2D eigenvalue weighted by molar-refractivity contribution is 5.80. The Bertz CT molecular complexity index is 1180. The van der Waals surface area contributed by atoms with Crippen molar-refractivity contribution in [3.63, 3.8) is 0 Å². The third-order valence-corrected chi connectivity index (χ3v) is 8.21. The van der Waals surface area contributed by atoms with Crippen molar-refractivity contribution in [2.75, 3.05) is 19.6 Å². The van der Waals surface area contributed by atoms with E-state index in [4.69, 9.17) is 0 Å². The van der Waals surface area contributed by atoms with Crippen LogP contribution in [0.1, 0.15) is 61.3 Å². The molecule has 1 atom stereocenters. The number of aliphatic carboxylic acids is 2. The van der Waals surface area contributed by atoms with Gasteiger partial charge in [-0.1, -0.05) is 84.9 Å². The molecular weight excluding hydrogens is 478 g/mol. The molecule has 6 heteroatoms. The van der Waals surface area contributed by atoms with Gasteiger partial charge in [0.05, 0.1) is 11.3 Å². The number of carboxylic acid groups (broad SMARTS) is 2. The molecule has 3 aromatic carbocycles. The molecule has 0 aliphatic carbocycles. The fourth-order valence-electron chi connectivity index (χ4n) is 5.60. The van der Waals surface area contributed by atoms with Crippen molar-refractivity contribution in [2.45, 2.75) is 50.0 Å². The summed E-state index contributed by atoms with van der Waals surface area (Å²) in [5, 5.41) is 31.5. The highest BCUT2D eigenvalue weighted by Crippen LogP contribution is 2.42. The second-order valence-corrected chi connectivity index (χ2v) is 10.8. The second-order valence-electron chi connectivity index (χ2n) is 10.8. The highest BCUT2D eigenvalue weighted by atomic mass is 16.4. The molecule has 1 unspecified atom stereocenters. The number of aliphatic hydroxyl groups is 1. The van der Waals surface area contributed by atoms with Crippen LogP contribution in [0.5, 0.6) is 0 Å². The largest absolute Gasteiger partial charge is 0.481 e. The number of piperidine rings is 1. The Morgan fingerprint density at radius 2 is 1.32 bits per heavy atom. The number of hydrogen-bond donors (Lipinski definition) is 3. The van der Waals surface area contributed by atoms with Crippen LogP contribution in [0, 0.1) is 5.92 Å². The van der Waals surface area contributed by atoms with Crippen LogP contribution >= 0.6 is 0 Å². The molecular formula is C32H37NO5. The van der Waals surface area contributed by atoms with Crippen molar-refractivity contribution >= 4 is 11.9 Å². The molecule has 4 rings (SSSR count). The maximum absolute atomic E-state index is 12.1. The SMILES string of the molecule is CC(C)(C(=O)O)c1ccc(C(CCN2CCC(C(O)(c3ccccc3)c3ccccc3)CC2)C(=O)O)cc1.